The van der Waals surface area contributed by atoms with Gasteiger partial charge in [0.05, 0.1) is 25.4 Å². The molecule has 0 aromatic rings. The summed E-state index contributed by atoms with van der Waals surface area (Å²) in [7, 11) is 0. The molecule has 1 saturated heterocycles. The first-order valence-electron chi connectivity index (χ1n) is 30.0. The van der Waals surface area contributed by atoms with Crippen LogP contribution in [0.5, 0.6) is 0 Å². The first kappa shape index (κ1) is 69.6. The Labute approximate surface area is 456 Å². The van der Waals surface area contributed by atoms with Crippen LogP contribution in [0.3, 0.4) is 0 Å². The van der Waals surface area contributed by atoms with Crippen LogP contribution < -0.4 is 5.32 Å². The largest absolute Gasteiger partial charge is 0.454 e. The van der Waals surface area contributed by atoms with Crippen LogP contribution in [-0.4, -0.2) is 99.6 Å². The Balaban J connectivity index is 2.76. The number of rotatable bonds is 49. The molecule has 11 heteroatoms. The van der Waals surface area contributed by atoms with Gasteiger partial charge in [-0.2, -0.15) is 0 Å². The number of carbonyl (C=O) groups excluding carboxylic acids is 2. The molecule has 75 heavy (non-hydrogen) atoms. The van der Waals surface area contributed by atoms with E-state index in [1.54, 1.807) is 6.08 Å². The van der Waals surface area contributed by atoms with E-state index in [2.05, 4.69) is 111 Å². The lowest BCUT2D eigenvalue weighted by atomic mass is 9.99. The quantitative estimate of drug-likeness (QED) is 0.0149. The van der Waals surface area contributed by atoms with Crippen LogP contribution in [0.1, 0.15) is 233 Å². The fraction of sp³-hybridized carbons (Fsp3) is 0.719. The molecule has 1 aliphatic rings. The third-order valence-electron chi connectivity index (χ3n) is 13.5. The predicted molar refractivity (Wildman–Crippen MR) is 310 cm³/mol. The minimum atomic E-state index is -1.63. The van der Waals surface area contributed by atoms with Crippen molar-refractivity contribution in [3.8, 4) is 0 Å². The second-order valence-corrected chi connectivity index (χ2v) is 20.4. The van der Waals surface area contributed by atoms with Crippen LogP contribution >= 0.6 is 0 Å². The third-order valence-corrected chi connectivity index (χ3v) is 13.5. The number of hydrogen-bond acceptors (Lipinski definition) is 10. The highest BCUT2D eigenvalue weighted by Gasteiger charge is 2.47. The summed E-state index contributed by atoms with van der Waals surface area (Å²) in [5.74, 6) is -1.25. The van der Waals surface area contributed by atoms with Crippen molar-refractivity contribution in [2.24, 2.45) is 0 Å². The summed E-state index contributed by atoms with van der Waals surface area (Å²) in [4.78, 5) is 26.5. The molecule has 1 amide bonds. The van der Waals surface area contributed by atoms with E-state index < -0.39 is 67.4 Å². The Morgan fingerprint density at radius 2 is 1.00 bits per heavy atom. The fourth-order valence-corrected chi connectivity index (χ4v) is 8.73. The van der Waals surface area contributed by atoms with Crippen LogP contribution in [0.25, 0.3) is 0 Å². The molecular weight excluding hydrogens is 943 g/mol. The van der Waals surface area contributed by atoms with Crippen LogP contribution in [-0.2, 0) is 23.8 Å². The molecule has 0 bridgehead atoms. The van der Waals surface area contributed by atoms with E-state index in [0.29, 0.717) is 12.8 Å². The van der Waals surface area contributed by atoms with Crippen molar-refractivity contribution in [3.05, 3.63) is 97.2 Å². The third kappa shape index (κ3) is 39.6. The van der Waals surface area contributed by atoms with Crippen LogP contribution in [0.4, 0.5) is 0 Å². The van der Waals surface area contributed by atoms with Crippen LogP contribution in [0.15, 0.2) is 97.2 Å². The van der Waals surface area contributed by atoms with Gasteiger partial charge < -0.3 is 45.1 Å². The van der Waals surface area contributed by atoms with E-state index in [-0.39, 0.29) is 19.4 Å². The zero-order valence-corrected chi connectivity index (χ0v) is 47.4. The van der Waals surface area contributed by atoms with Crippen LogP contribution in [0.2, 0.25) is 0 Å². The summed E-state index contributed by atoms with van der Waals surface area (Å²) in [6.07, 6.45) is 57.2. The number of amides is 1. The van der Waals surface area contributed by atoms with Gasteiger partial charge in [0.25, 0.3) is 0 Å². The molecule has 0 saturated carbocycles. The predicted octanol–water partition coefficient (Wildman–Crippen LogP) is 13.9. The van der Waals surface area contributed by atoms with Gasteiger partial charge in [0.1, 0.15) is 24.4 Å². The van der Waals surface area contributed by atoms with Crippen molar-refractivity contribution in [2.75, 3.05) is 13.2 Å². The average molecular weight is 1050 g/mol. The molecule has 430 valence electrons. The maximum atomic E-state index is 13.4. The van der Waals surface area contributed by atoms with Crippen molar-refractivity contribution in [2.45, 2.75) is 282 Å². The number of hydrogen-bond donors (Lipinski definition) is 6. The molecule has 0 aromatic carbocycles. The van der Waals surface area contributed by atoms with Gasteiger partial charge in [-0.25, -0.2) is 0 Å². The molecule has 1 heterocycles. The lowest BCUT2D eigenvalue weighted by Gasteiger charge is -2.41. The lowest BCUT2D eigenvalue weighted by Crippen LogP contribution is -2.61. The maximum absolute atomic E-state index is 13.4. The number of ether oxygens (including phenoxy) is 3. The maximum Gasteiger partial charge on any atom is 0.306 e. The molecule has 8 atom stereocenters. The number of unbranched alkanes of at least 4 members (excludes halogenated alkanes) is 22. The van der Waals surface area contributed by atoms with Gasteiger partial charge in [-0.3, -0.25) is 9.59 Å². The van der Waals surface area contributed by atoms with Crippen molar-refractivity contribution in [1.29, 1.82) is 0 Å². The highest BCUT2D eigenvalue weighted by atomic mass is 16.7. The Kier molecular flexibility index (Phi) is 47.6. The van der Waals surface area contributed by atoms with Gasteiger partial charge in [0, 0.05) is 6.42 Å². The first-order valence-corrected chi connectivity index (χ1v) is 30.0. The average Bonchev–Trinajstić information content (AvgIpc) is 3.41. The first-order chi connectivity index (χ1) is 36.7. The number of esters is 1. The second-order valence-electron chi connectivity index (χ2n) is 20.4. The number of nitrogens with one attached hydrogen (secondary N) is 1. The fourth-order valence-electron chi connectivity index (χ4n) is 8.73. The number of carbonyl (C=O) groups is 2. The number of aliphatic hydroxyl groups excluding tert-OH is 5. The minimum Gasteiger partial charge on any atom is -0.454 e. The zero-order valence-electron chi connectivity index (χ0n) is 47.4. The van der Waals surface area contributed by atoms with Crippen molar-refractivity contribution in [1.82, 2.24) is 5.32 Å². The van der Waals surface area contributed by atoms with E-state index in [9.17, 15) is 35.1 Å². The molecule has 0 spiro atoms. The molecule has 8 unspecified atom stereocenters. The Morgan fingerprint density at radius 1 is 0.547 bits per heavy atom. The molecule has 0 aromatic heterocycles. The van der Waals surface area contributed by atoms with E-state index in [1.165, 1.54) is 70.6 Å². The standard InChI is InChI=1S/C64H109NO10/c1-4-7-10-13-16-19-22-25-27-28-29-31-33-36-39-42-45-48-51-57(68)63(72)65-55(56(67)50-47-44-41-38-35-32-24-21-18-15-12-9-6-3)54-73-64-62(61(71)60(70)58(53-66)74-64)75-59(69)52-49-46-43-40-37-34-30-26-23-20-17-14-11-8-5-2/h7,10,16-17,19-20,23,25-27,29,31,36,39,47,50,55-58,60-62,64,66-68,70-71H,4-6,8-9,11-15,18,21-22,24,28,30,32-35,37-38,40-46,48-49,51-54H2,1-3H3,(H,65,72)/b10-7-,19-16-,20-17+,26-23+,27-25-,31-29-,39-36-,50-47+. The van der Waals surface area contributed by atoms with Gasteiger partial charge in [0.2, 0.25) is 5.91 Å². The molecule has 1 rings (SSSR count). The highest BCUT2D eigenvalue weighted by Crippen LogP contribution is 2.26. The second kappa shape index (κ2) is 51.3. The molecular formula is C64H109NO10. The summed E-state index contributed by atoms with van der Waals surface area (Å²) in [6.45, 7) is 5.60. The molecule has 0 aliphatic carbocycles. The number of allylic oxidation sites excluding steroid dienone is 15. The molecule has 6 N–H and O–H groups in total. The molecule has 1 fully saturated rings. The smallest absolute Gasteiger partial charge is 0.306 e. The van der Waals surface area contributed by atoms with E-state index in [0.717, 1.165) is 116 Å². The summed E-state index contributed by atoms with van der Waals surface area (Å²) >= 11 is 0. The topological polar surface area (TPSA) is 175 Å². The SMILES string of the molecule is CC/C=C\C/C=C\C/C=C\C/C=C\C/C=C\CCCCC(O)C(=O)NC(COC1OC(CO)C(O)C(O)C1OC(=O)CCCCCCCC/C=C/C=C/CCCCC)C(O)/C=C/CCCCCCCCCCCCC. The normalized spacial score (nSPS) is 19.9. The summed E-state index contributed by atoms with van der Waals surface area (Å²) in [5, 5.41) is 56.9. The van der Waals surface area contributed by atoms with Gasteiger partial charge in [-0.1, -0.05) is 227 Å². The highest BCUT2D eigenvalue weighted by molar-refractivity contribution is 5.80. The molecule has 11 nitrogen and oxygen atoms in total. The van der Waals surface area contributed by atoms with E-state index in [4.69, 9.17) is 14.2 Å². The molecule has 0 radical (unpaired) electrons. The van der Waals surface area contributed by atoms with Crippen molar-refractivity contribution in [3.63, 3.8) is 0 Å². The molecule has 1 aliphatic heterocycles. The zero-order chi connectivity index (χ0) is 54.7. The summed E-state index contributed by atoms with van der Waals surface area (Å²) in [6, 6.07) is -1.05. The Hall–Kier alpha value is -3.42. The van der Waals surface area contributed by atoms with E-state index in [1.807, 2.05) is 6.08 Å². The van der Waals surface area contributed by atoms with E-state index >= 15 is 0 Å². The summed E-state index contributed by atoms with van der Waals surface area (Å²) in [5.41, 5.74) is 0. The number of aliphatic hydroxyl groups is 5. The monoisotopic (exact) mass is 1050 g/mol. The van der Waals surface area contributed by atoms with Crippen LogP contribution in [0, 0.1) is 0 Å². The Morgan fingerprint density at radius 3 is 1.55 bits per heavy atom. The van der Waals surface area contributed by atoms with Gasteiger partial charge in [-0.05, 0) is 96.3 Å². The van der Waals surface area contributed by atoms with Gasteiger partial charge >= 0.3 is 5.97 Å². The van der Waals surface area contributed by atoms with Gasteiger partial charge in [0.15, 0.2) is 12.4 Å². The van der Waals surface area contributed by atoms with Gasteiger partial charge in [-0.15, -0.1) is 0 Å². The minimum absolute atomic E-state index is 0.102. The lowest BCUT2D eigenvalue weighted by molar-refractivity contribution is -0.305. The summed E-state index contributed by atoms with van der Waals surface area (Å²) < 4.78 is 17.6. The van der Waals surface area contributed by atoms with Crippen molar-refractivity contribution >= 4 is 11.9 Å². The van der Waals surface area contributed by atoms with Crippen molar-refractivity contribution < 1.29 is 49.3 Å². The Bertz CT molecular complexity index is 1580.